The second kappa shape index (κ2) is 5.18. The fourth-order valence-electron chi connectivity index (χ4n) is 2.27. The molecule has 1 aliphatic rings. The van der Waals surface area contributed by atoms with Gasteiger partial charge in [-0.1, -0.05) is 11.6 Å². The average Bonchev–Trinajstić information content (AvgIpc) is 2.40. The highest BCUT2D eigenvalue weighted by Crippen LogP contribution is 2.21. The van der Waals surface area contributed by atoms with Gasteiger partial charge in [-0.2, -0.15) is 5.26 Å². The van der Waals surface area contributed by atoms with Crippen LogP contribution in [0.5, 0.6) is 0 Å². The molecule has 1 aromatic rings. The molecule has 1 aromatic carbocycles. The molecular formula is C14H15FN2O. The molecule has 3 nitrogen and oxygen atoms in total. The third-order valence-corrected chi connectivity index (χ3v) is 3.26. The van der Waals surface area contributed by atoms with E-state index in [9.17, 15) is 9.18 Å². The van der Waals surface area contributed by atoms with E-state index in [-0.39, 0.29) is 11.5 Å². The largest absolute Gasteiger partial charge is 0.323 e. The van der Waals surface area contributed by atoms with E-state index in [0.717, 1.165) is 18.4 Å². The minimum Gasteiger partial charge on any atom is -0.323 e. The summed E-state index contributed by atoms with van der Waals surface area (Å²) in [6, 6.07) is 6.17. The lowest BCUT2D eigenvalue weighted by Crippen LogP contribution is -2.43. The number of halogens is 1. The van der Waals surface area contributed by atoms with Crippen LogP contribution in [0.3, 0.4) is 0 Å². The van der Waals surface area contributed by atoms with Gasteiger partial charge in [-0.25, -0.2) is 4.39 Å². The summed E-state index contributed by atoms with van der Waals surface area (Å²) in [5, 5.41) is 9.04. The number of aryl methyl sites for hydroxylation is 1. The summed E-state index contributed by atoms with van der Waals surface area (Å²) >= 11 is 0. The Kier molecular flexibility index (Phi) is 3.61. The van der Waals surface area contributed by atoms with Crippen molar-refractivity contribution < 1.29 is 9.18 Å². The van der Waals surface area contributed by atoms with E-state index in [1.165, 1.54) is 11.0 Å². The monoisotopic (exact) mass is 246 g/mol. The Bertz CT molecular complexity index is 507. The Balaban J connectivity index is 2.30. The van der Waals surface area contributed by atoms with E-state index in [2.05, 4.69) is 6.07 Å². The van der Waals surface area contributed by atoms with Crippen molar-refractivity contribution in [2.24, 2.45) is 0 Å². The topological polar surface area (TPSA) is 44.1 Å². The molecule has 0 aromatic heterocycles. The van der Waals surface area contributed by atoms with Crippen LogP contribution in [-0.4, -0.2) is 23.4 Å². The van der Waals surface area contributed by atoms with Crippen molar-refractivity contribution in [1.82, 2.24) is 4.90 Å². The molecule has 0 spiro atoms. The van der Waals surface area contributed by atoms with Crippen molar-refractivity contribution in [3.8, 4) is 6.07 Å². The van der Waals surface area contributed by atoms with Crippen molar-refractivity contribution in [2.75, 3.05) is 6.54 Å². The van der Waals surface area contributed by atoms with Crippen molar-refractivity contribution in [3.05, 3.63) is 35.1 Å². The average molecular weight is 246 g/mol. The first kappa shape index (κ1) is 12.6. The maximum atomic E-state index is 13.7. The van der Waals surface area contributed by atoms with Crippen LogP contribution in [-0.2, 0) is 0 Å². The summed E-state index contributed by atoms with van der Waals surface area (Å²) in [5.41, 5.74) is 0.905. The molecule has 18 heavy (non-hydrogen) atoms. The Morgan fingerprint density at radius 2 is 2.28 bits per heavy atom. The molecule has 2 rings (SSSR count). The van der Waals surface area contributed by atoms with Crippen LogP contribution in [0.15, 0.2) is 18.2 Å². The highest BCUT2D eigenvalue weighted by molar-refractivity contribution is 5.95. The number of rotatable bonds is 1. The van der Waals surface area contributed by atoms with E-state index >= 15 is 0 Å². The number of hydrogen-bond donors (Lipinski definition) is 0. The molecular weight excluding hydrogens is 231 g/mol. The number of likely N-dealkylation sites (tertiary alicyclic amines) is 1. The van der Waals surface area contributed by atoms with Crippen molar-refractivity contribution in [1.29, 1.82) is 5.26 Å². The molecule has 1 unspecified atom stereocenters. The lowest BCUT2D eigenvalue weighted by Gasteiger charge is -2.31. The van der Waals surface area contributed by atoms with Crippen LogP contribution >= 0.6 is 0 Å². The van der Waals surface area contributed by atoms with Gasteiger partial charge in [-0.05, 0) is 38.3 Å². The first-order chi connectivity index (χ1) is 8.63. The first-order valence-corrected chi connectivity index (χ1v) is 6.10. The summed E-state index contributed by atoms with van der Waals surface area (Å²) in [5.74, 6) is -0.893. The molecule has 1 fully saturated rings. The minimum absolute atomic E-state index is 0.0668. The lowest BCUT2D eigenvalue weighted by molar-refractivity contribution is 0.0665. The highest BCUT2D eigenvalue weighted by atomic mass is 19.1. The van der Waals surface area contributed by atoms with E-state index in [0.29, 0.717) is 13.0 Å². The van der Waals surface area contributed by atoms with E-state index in [1.807, 2.05) is 6.92 Å². The highest BCUT2D eigenvalue weighted by Gasteiger charge is 2.28. The Morgan fingerprint density at radius 1 is 1.50 bits per heavy atom. The standard InChI is InChI=1S/C14H15FN2O/c1-10-5-6-13(15)12(8-10)14(18)17-7-3-2-4-11(17)9-16/h5-6,8,11H,2-4,7H2,1H3. The molecule has 1 heterocycles. The second-order valence-electron chi connectivity index (χ2n) is 4.62. The Hall–Kier alpha value is -1.89. The summed E-state index contributed by atoms with van der Waals surface area (Å²) in [6.45, 7) is 2.35. The van der Waals surface area contributed by atoms with Crippen LogP contribution in [0.4, 0.5) is 4.39 Å². The molecule has 1 saturated heterocycles. The molecule has 1 aliphatic heterocycles. The van der Waals surface area contributed by atoms with Gasteiger partial charge < -0.3 is 4.90 Å². The Morgan fingerprint density at radius 3 is 3.00 bits per heavy atom. The zero-order valence-corrected chi connectivity index (χ0v) is 10.3. The van der Waals surface area contributed by atoms with Crippen LogP contribution in [0.25, 0.3) is 0 Å². The summed E-state index contributed by atoms with van der Waals surface area (Å²) in [7, 11) is 0. The predicted molar refractivity (Wildman–Crippen MR) is 65.4 cm³/mol. The molecule has 1 amide bonds. The van der Waals surface area contributed by atoms with Crippen LogP contribution in [0, 0.1) is 24.1 Å². The smallest absolute Gasteiger partial charge is 0.257 e. The minimum atomic E-state index is -0.520. The quantitative estimate of drug-likeness (QED) is 0.764. The maximum absolute atomic E-state index is 13.7. The van der Waals surface area contributed by atoms with Gasteiger partial charge in [0.1, 0.15) is 11.9 Å². The Labute approximate surface area is 106 Å². The fraction of sp³-hybridized carbons (Fsp3) is 0.429. The molecule has 94 valence electrons. The summed E-state index contributed by atoms with van der Waals surface area (Å²) < 4.78 is 13.7. The molecule has 0 N–H and O–H groups in total. The molecule has 0 saturated carbocycles. The fourth-order valence-corrected chi connectivity index (χ4v) is 2.27. The normalized spacial score (nSPS) is 19.4. The van der Waals surface area contributed by atoms with E-state index < -0.39 is 11.9 Å². The number of benzene rings is 1. The van der Waals surface area contributed by atoms with Gasteiger partial charge in [-0.15, -0.1) is 0 Å². The summed E-state index contributed by atoms with van der Waals surface area (Å²) in [6.07, 6.45) is 2.49. The third kappa shape index (κ3) is 2.35. The number of piperidine rings is 1. The number of carbonyl (C=O) groups is 1. The van der Waals surface area contributed by atoms with Crippen molar-refractivity contribution >= 4 is 5.91 Å². The maximum Gasteiger partial charge on any atom is 0.257 e. The number of nitrogens with zero attached hydrogens (tertiary/aromatic N) is 2. The van der Waals surface area contributed by atoms with Gasteiger partial charge >= 0.3 is 0 Å². The van der Waals surface area contributed by atoms with Gasteiger partial charge in [0.15, 0.2) is 0 Å². The number of amides is 1. The first-order valence-electron chi connectivity index (χ1n) is 6.10. The third-order valence-electron chi connectivity index (χ3n) is 3.26. The molecule has 0 bridgehead atoms. The van der Waals surface area contributed by atoms with Crippen molar-refractivity contribution in [2.45, 2.75) is 32.2 Å². The van der Waals surface area contributed by atoms with Gasteiger partial charge in [0, 0.05) is 6.54 Å². The van der Waals surface area contributed by atoms with E-state index in [4.69, 9.17) is 5.26 Å². The SMILES string of the molecule is Cc1ccc(F)c(C(=O)N2CCCCC2C#N)c1. The second-order valence-corrected chi connectivity index (χ2v) is 4.62. The van der Waals surface area contributed by atoms with Gasteiger partial charge in [0.05, 0.1) is 11.6 Å². The zero-order valence-electron chi connectivity index (χ0n) is 10.3. The van der Waals surface area contributed by atoms with Gasteiger partial charge in [-0.3, -0.25) is 4.79 Å². The van der Waals surface area contributed by atoms with E-state index in [1.54, 1.807) is 12.1 Å². The van der Waals surface area contributed by atoms with Gasteiger partial charge in [0.25, 0.3) is 5.91 Å². The zero-order chi connectivity index (χ0) is 13.1. The van der Waals surface area contributed by atoms with Crippen LogP contribution in [0.2, 0.25) is 0 Å². The molecule has 1 atom stereocenters. The van der Waals surface area contributed by atoms with Gasteiger partial charge in [0.2, 0.25) is 0 Å². The van der Waals surface area contributed by atoms with Crippen LogP contribution < -0.4 is 0 Å². The number of carbonyl (C=O) groups excluding carboxylic acids is 1. The number of hydrogen-bond acceptors (Lipinski definition) is 2. The molecule has 0 radical (unpaired) electrons. The van der Waals surface area contributed by atoms with Crippen LogP contribution in [0.1, 0.15) is 35.2 Å². The predicted octanol–water partition coefficient (Wildman–Crippen LogP) is 2.65. The summed E-state index contributed by atoms with van der Waals surface area (Å²) in [4.78, 5) is 13.8. The number of nitriles is 1. The molecule has 4 heteroatoms. The molecule has 0 aliphatic carbocycles. The lowest BCUT2D eigenvalue weighted by atomic mass is 10.0. The van der Waals surface area contributed by atoms with Crippen molar-refractivity contribution in [3.63, 3.8) is 0 Å².